The Balaban J connectivity index is 1.80. The van der Waals surface area contributed by atoms with Crippen molar-refractivity contribution in [3.05, 3.63) is 82.9 Å². The lowest BCUT2D eigenvalue weighted by molar-refractivity contribution is 0.600. The maximum Gasteiger partial charge on any atom is 0.261 e. The molecule has 31 heavy (non-hydrogen) atoms. The van der Waals surface area contributed by atoms with E-state index < -0.39 is 20.0 Å². The molecule has 0 saturated carbocycles. The van der Waals surface area contributed by atoms with Gasteiger partial charge in [-0.3, -0.25) is 9.44 Å². The fourth-order valence-electron chi connectivity index (χ4n) is 3.35. The summed E-state index contributed by atoms with van der Waals surface area (Å²) in [6.07, 6.45) is 0.819. The van der Waals surface area contributed by atoms with Crippen molar-refractivity contribution >= 4 is 31.4 Å². The monoisotopic (exact) mass is 458 g/mol. The van der Waals surface area contributed by atoms with E-state index in [2.05, 4.69) is 9.44 Å². The molecule has 0 atom stereocenters. The SMILES string of the molecule is CCc1ccc(S(=O)(=O)Nc2ccc(S(=O)(=O)Nc3c(C)cc(C)cc3C)cc2)cc1. The fraction of sp³-hybridized carbons (Fsp3) is 0.217. The molecule has 0 bridgehead atoms. The molecule has 0 aliphatic carbocycles. The quantitative estimate of drug-likeness (QED) is 0.533. The lowest BCUT2D eigenvalue weighted by Gasteiger charge is -2.15. The summed E-state index contributed by atoms with van der Waals surface area (Å²) >= 11 is 0. The second kappa shape index (κ2) is 8.72. The van der Waals surface area contributed by atoms with Gasteiger partial charge in [0.1, 0.15) is 0 Å². The number of rotatable bonds is 7. The number of aryl methyl sites for hydroxylation is 4. The molecule has 0 heterocycles. The van der Waals surface area contributed by atoms with Gasteiger partial charge in [0.05, 0.1) is 15.5 Å². The summed E-state index contributed by atoms with van der Waals surface area (Å²) in [5.41, 5.74) is 4.59. The Labute approximate surface area is 184 Å². The third-order valence-electron chi connectivity index (χ3n) is 4.97. The Morgan fingerprint density at radius 1 is 0.677 bits per heavy atom. The van der Waals surface area contributed by atoms with Crippen LogP contribution in [0.15, 0.2) is 70.5 Å². The minimum atomic E-state index is -3.82. The minimum Gasteiger partial charge on any atom is -0.280 e. The van der Waals surface area contributed by atoms with Gasteiger partial charge in [0.2, 0.25) is 0 Å². The summed E-state index contributed by atoms with van der Waals surface area (Å²) in [4.78, 5) is 0.190. The van der Waals surface area contributed by atoms with Crippen LogP contribution in [0.2, 0.25) is 0 Å². The first-order chi connectivity index (χ1) is 14.5. The van der Waals surface area contributed by atoms with Gasteiger partial charge < -0.3 is 0 Å². The van der Waals surface area contributed by atoms with Gasteiger partial charge in [-0.2, -0.15) is 0 Å². The molecule has 0 unspecified atom stereocenters. The molecule has 0 amide bonds. The molecule has 3 rings (SSSR count). The lowest BCUT2D eigenvalue weighted by Crippen LogP contribution is -2.15. The zero-order valence-electron chi connectivity index (χ0n) is 17.9. The summed E-state index contributed by atoms with van der Waals surface area (Å²) in [5, 5.41) is 0. The standard InChI is InChI=1S/C23H26N2O4S2/c1-5-19-6-10-21(11-7-19)30(26,27)24-20-8-12-22(13-9-20)31(28,29)25-23-17(3)14-16(2)15-18(23)4/h6-15,24-25H,5H2,1-4H3. The largest absolute Gasteiger partial charge is 0.280 e. The van der Waals surface area contributed by atoms with Gasteiger partial charge in [0.15, 0.2) is 0 Å². The molecule has 6 nitrogen and oxygen atoms in total. The van der Waals surface area contributed by atoms with Crippen LogP contribution in [0.1, 0.15) is 29.2 Å². The third kappa shape index (κ3) is 5.26. The van der Waals surface area contributed by atoms with E-state index in [4.69, 9.17) is 0 Å². The van der Waals surface area contributed by atoms with E-state index in [1.165, 1.54) is 24.3 Å². The van der Waals surface area contributed by atoms with Gasteiger partial charge in [-0.05, 0) is 80.3 Å². The lowest BCUT2D eigenvalue weighted by atomic mass is 10.1. The molecular weight excluding hydrogens is 432 g/mol. The van der Waals surface area contributed by atoms with Crippen LogP contribution >= 0.6 is 0 Å². The number of anilines is 2. The highest BCUT2D eigenvalue weighted by Crippen LogP contribution is 2.26. The molecule has 0 radical (unpaired) electrons. The number of benzene rings is 3. The molecule has 164 valence electrons. The van der Waals surface area contributed by atoms with Gasteiger partial charge in [-0.15, -0.1) is 0 Å². The Morgan fingerprint density at radius 2 is 1.13 bits per heavy atom. The van der Waals surface area contributed by atoms with Crippen molar-refractivity contribution in [3.8, 4) is 0 Å². The Bertz CT molecular complexity index is 1270. The molecule has 0 aliphatic heterocycles. The average Bonchev–Trinajstić information content (AvgIpc) is 2.71. The molecule has 0 aliphatic rings. The van der Waals surface area contributed by atoms with Crippen LogP contribution in [0, 0.1) is 20.8 Å². The highest BCUT2D eigenvalue weighted by atomic mass is 32.2. The van der Waals surface area contributed by atoms with E-state index in [-0.39, 0.29) is 15.5 Å². The van der Waals surface area contributed by atoms with Crippen LogP contribution in [0.3, 0.4) is 0 Å². The molecule has 0 spiro atoms. The Hall–Kier alpha value is -2.84. The minimum absolute atomic E-state index is 0.0436. The normalized spacial score (nSPS) is 11.9. The Morgan fingerprint density at radius 3 is 1.61 bits per heavy atom. The van der Waals surface area contributed by atoms with Crippen LogP contribution in [0.25, 0.3) is 0 Å². The van der Waals surface area contributed by atoms with Gasteiger partial charge in [0.25, 0.3) is 20.0 Å². The molecule has 0 fully saturated rings. The summed E-state index contributed by atoms with van der Waals surface area (Å²) < 4.78 is 55.9. The van der Waals surface area contributed by atoms with E-state index in [9.17, 15) is 16.8 Å². The summed E-state index contributed by atoms with van der Waals surface area (Å²) in [5.74, 6) is 0. The van der Waals surface area contributed by atoms with Gasteiger partial charge in [-0.25, -0.2) is 16.8 Å². The van der Waals surface area contributed by atoms with Crippen molar-refractivity contribution in [1.29, 1.82) is 0 Å². The van der Waals surface area contributed by atoms with E-state index in [1.54, 1.807) is 24.3 Å². The molecule has 3 aromatic rings. The van der Waals surface area contributed by atoms with Crippen molar-refractivity contribution in [2.75, 3.05) is 9.44 Å². The van der Waals surface area contributed by atoms with Gasteiger partial charge >= 0.3 is 0 Å². The van der Waals surface area contributed by atoms with Crippen LogP contribution in [0.4, 0.5) is 11.4 Å². The predicted octanol–water partition coefficient (Wildman–Crippen LogP) is 4.78. The van der Waals surface area contributed by atoms with Crippen molar-refractivity contribution in [1.82, 2.24) is 0 Å². The summed E-state index contributed by atoms with van der Waals surface area (Å²) in [7, 11) is -7.58. The highest BCUT2D eigenvalue weighted by Gasteiger charge is 2.18. The summed E-state index contributed by atoms with van der Waals surface area (Å²) in [6.45, 7) is 7.65. The first-order valence-electron chi connectivity index (χ1n) is 9.84. The van der Waals surface area contributed by atoms with E-state index >= 15 is 0 Å². The Kier molecular flexibility index (Phi) is 6.43. The number of hydrogen-bond acceptors (Lipinski definition) is 4. The molecule has 8 heteroatoms. The summed E-state index contributed by atoms with van der Waals surface area (Å²) in [6, 6.07) is 16.1. The second-order valence-corrected chi connectivity index (χ2v) is 10.9. The van der Waals surface area contributed by atoms with Crippen molar-refractivity contribution in [2.45, 2.75) is 43.9 Å². The molecule has 0 aromatic heterocycles. The maximum absolute atomic E-state index is 12.8. The predicted molar refractivity (Wildman–Crippen MR) is 125 cm³/mol. The van der Waals surface area contributed by atoms with Crippen molar-refractivity contribution < 1.29 is 16.8 Å². The van der Waals surface area contributed by atoms with Crippen LogP contribution in [0.5, 0.6) is 0 Å². The van der Waals surface area contributed by atoms with Crippen LogP contribution in [-0.2, 0) is 26.5 Å². The maximum atomic E-state index is 12.8. The molecule has 2 N–H and O–H groups in total. The van der Waals surface area contributed by atoms with Crippen LogP contribution in [-0.4, -0.2) is 16.8 Å². The molecular formula is C23H26N2O4S2. The first-order valence-corrected chi connectivity index (χ1v) is 12.8. The average molecular weight is 459 g/mol. The fourth-order valence-corrected chi connectivity index (χ4v) is 5.62. The zero-order chi connectivity index (χ0) is 22.8. The molecule has 0 saturated heterocycles. The van der Waals surface area contributed by atoms with Gasteiger partial charge in [0, 0.05) is 5.69 Å². The van der Waals surface area contributed by atoms with Crippen molar-refractivity contribution in [2.24, 2.45) is 0 Å². The van der Waals surface area contributed by atoms with Crippen molar-refractivity contribution in [3.63, 3.8) is 0 Å². The second-order valence-electron chi connectivity index (χ2n) is 7.51. The zero-order valence-corrected chi connectivity index (χ0v) is 19.6. The first kappa shape index (κ1) is 22.8. The third-order valence-corrected chi connectivity index (χ3v) is 7.74. The van der Waals surface area contributed by atoms with E-state index in [1.807, 2.05) is 39.8 Å². The van der Waals surface area contributed by atoms with Gasteiger partial charge in [-0.1, -0.05) is 36.8 Å². The van der Waals surface area contributed by atoms with Crippen LogP contribution < -0.4 is 9.44 Å². The highest BCUT2D eigenvalue weighted by molar-refractivity contribution is 7.93. The van der Waals surface area contributed by atoms with E-state index in [0.29, 0.717) is 5.69 Å². The van der Waals surface area contributed by atoms with E-state index in [0.717, 1.165) is 28.7 Å². The topological polar surface area (TPSA) is 92.3 Å². The number of nitrogens with one attached hydrogen (secondary N) is 2. The number of hydrogen-bond donors (Lipinski definition) is 2. The number of sulfonamides is 2. The smallest absolute Gasteiger partial charge is 0.261 e. The molecule has 3 aromatic carbocycles.